The SMILES string of the molecule is F[B-](F)(F)COc1cccc2ncccc12. The molecular formula is C10H8BF3NO-. The van der Waals surface area contributed by atoms with E-state index in [0.29, 0.717) is 10.9 Å². The van der Waals surface area contributed by atoms with Crippen LogP contribution in [0.5, 0.6) is 5.75 Å². The second-order valence-corrected chi connectivity index (χ2v) is 3.35. The fraction of sp³-hybridized carbons (Fsp3) is 0.100. The molecule has 0 N–H and O–H groups in total. The van der Waals surface area contributed by atoms with Gasteiger partial charge >= 0.3 is 6.98 Å². The first-order valence-corrected chi connectivity index (χ1v) is 4.74. The quantitative estimate of drug-likeness (QED) is 0.750. The summed E-state index contributed by atoms with van der Waals surface area (Å²) in [4.78, 5) is 4.03. The second-order valence-electron chi connectivity index (χ2n) is 3.35. The van der Waals surface area contributed by atoms with Crippen molar-refractivity contribution in [2.45, 2.75) is 0 Å². The summed E-state index contributed by atoms with van der Waals surface area (Å²) in [7, 11) is 0. The molecule has 0 spiro atoms. The molecule has 0 unspecified atom stereocenters. The summed E-state index contributed by atoms with van der Waals surface area (Å²) in [6.07, 6.45) is 1.58. The number of halogens is 3. The van der Waals surface area contributed by atoms with Gasteiger partial charge in [0.15, 0.2) is 0 Å². The molecule has 0 bridgehead atoms. The molecule has 0 aliphatic heterocycles. The van der Waals surface area contributed by atoms with E-state index in [2.05, 4.69) is 4.98 Å². The maximum absolute atomic E-state index is 12.1. The molecule has 2 rings (SSSR count). The van der Waals surface area contributed by atoms with Gasteiger partial charge in [-0.1, -0.05) is 6.07 Å². The highest BCUT2D eigenvalue weighted by Crippen LogP contribution is 2.24. The minimum Gasteiger partial charge on any atom is -0.521 e. The molecule has 0 atom stereocenters. The Balaban J connectivity index is 2.30. The number of hydrogen-bond donors (Lipinski definition) is 0. The van der Waals surface area contributed by atoms with Crippen molar-refractivity contribution in [2.24, 2.45) is 0 Å². The zero-order valence-electron chi connectivity index (χ0n) is 8.24. The first-order valence-electron chi connectivity index (χ1n) is 4.74. The van der Waals surface area contributed by atoms with Gasteiger partial charge in [-0.05, 0) is 24.3 Å². The number of hydrogen-bond acceptors (Lipinski definition) is 2. The maximum Gasteiger partial charge on any atom is 0.515 e. The lowest BCUT2D eigenvalue weighted by Gasteiger charge is -2.16. The van der Waals surface area contributed by atoms with Crippen molar-refractivity contribution in [3.63, 3.8) is 0 Å². The molecule has 84 valence electrons. The lowest BCUT2D eigenvalue weighted by atomic mass is 9.95. The van der Waals surface area contributed by atoms with Crippen molar-refractivity contribution in [1.82, 2.24) is 4.98 Å². The summed E-state index contributed by atoms with van der Waals surface area (Å²) < 4.78 is 40.9. The first-order chi connectivity index (χ1) is 7.56. The number of ether oxygens (including phenoxy) is 1. The largest absolute Gasteiger partial charge is 0.521 e. The Morgan fingerprint density at radius 3 is 2.69 bits per heavy atom. The maximum atomic E-state index is 12.1. The average Bonchev–Trinajstić information content (AvgIpc) is 2.25. The molecule has 0 amide bonds. The van der Waals surface area contributed by atoms with E-state index in [-0.39, 0.29) is 5.75 Å². The molecule has 0 saturated heterocycles. The van der Waals surface area contributed by atoms with Gasteiger partial charge in [0.25, 0.3) is 0 Å². The van der Waals surface area contributed by atoms with Gasteiger partial charge in [-0.3, -0.25) is 4.98 Å². The van der Waals surface area contributed by atoms with Gasteiger partial charge in [0, 0.05) is 11.6 Å². The molecule has 0 fully saturated rings. The molecule has 0 saturated carbocycles. The van der Waals surface area contributed by atoms with Crippen LogP contribution in [0.25, 0.3) is 10.9 Å². The van der Waals surface area contributed by atoms with E-state index >= 15 is 0 Å². The third-order valence-electron chi connectivity index (χ3n) is 2.03. The van der Waals surface area contributed by atoms with Crippen molar-refractivity contribution in [2.75, 3.05) is 6.51 Å². The highest BCUT2D eigenvalue weighted by Gasteiger charge is 2.24. The van der Waals surface area contributed by atoms with Crippen LogP contribution in [0.4, 0.5) is 12.9 Å². The predicted octanol–water partition coefficient (Wildman–Crippen LogP) is 3.00. The molecule has 0 aliphatic rings. The number of nitrogens with zero attached hydrogens (tertiary/aromatic N) is 1. The van der Waals surface area contributed by atoms with Crippen LogP contribution in [0.3, 0.4) is 0 Å². The standard InChI is InChI=1S/C10H8BF3NO/c12-11(13,14)7-16-10-5-1-4-9-8(10)3-2-6-15-9/h1-6H,7H2/q-1. The summed E-state index contributed by atoms with van der Waals surface area (Å²) in [5.74, 6) is 0.213. The van der Waals surface area contributed by atoms with Gasteiger partial charge in [-0.15, -0.1) is 0 Å². The first kappa shape index (κ1) is 10.8. The number of pyridine rings is 1. The second kappa shape index (κ2) is 4.04. The van der Waals surface area contributed by atoms with Gasteiger partial charge in [0.2, 0.25) is 0 Å². The van der Waals surface area contributed by atoms with E-state index < -0.39 is 13.5 Å². The molecule has 1 heterocycles. The average molecular weight is 226 g/mol. The van der Waals surface area contributed by atoms with Crippen LogP contribution < -0.4 is 4.74 Å². The minimum atomic E-state index is -4.93. The molecule has 16 heavy (non-hydrogen) atoms. The lowest BCUT2D eigenvalue weighted by Crippen LogP contribution is -2.26. The van der Waals surface area contributed by atoms with E-state index in [1.807, 2.05) is 0 Å². The monoisotopic (exact) mass is 226 g/mol. The summed E-state index contributed by atoms with van der Waals surface area (Å²) >= 11 is 0. The van der Waals surface area contributed by atoms with E-state index in [0.717, 1.165) is 0 Å². The van der Waals surface area contributed by atoms with E-state index in [4.69, 9.17) is 4.74 Å². The van der Waals surface area contributed by atoms with E-state index in [1.54, 1.807) is 30.5 Å². The molecule has 2 nitrogen and oxygen atoms in total. The van der Waals surface area contributed by atoms with Crippen molar-refractivity contribution < 1.29 is 17.7 Å². The van der Waals surface area contributed by atoms with Gasteiger partial charge in [0.1, 0.15) is 5.75 Å². The van der Waals surface area contributed by atoms with Gasteiger partial charge in [-0.2, -0.15) is 0 Å². The zero-order chi connectivity index (χ0) is 11.6. The Labute approximate surface area is 90.1 Å². The zero-order valence-corrected chi connectivity index (χ0v) is 8.24. The minimum absolute atomic E-state index is 0.213. The number of aromatic nitrogens is 1. The lowest BCUT2D eigenvalue weighted by molar-refractivity contribution is 0.316. The van der Waals surface area contributed by atoms with Crippen LogP contribution in [0, 0.1) is 0 Å². The Kier molecular flexibility index (Phi) is 2.72. The van der Waals surface area contributed by atoms with Gasteiger partial charge in [0.05, 0.1) is 12.0 Å². The molecule has 1 aromatic carbocycles. The number of fused-ring (bicyclic) bond motifs is 1. The molecule has 0 aliphatic carbocycles. The topological polar surface area (TPSA) is 22.1 Å². The third-order valence-corrected chi connectivity index (χ3v) is 2.03. The summed E-state index contributed by atoms with van der Waals surface area (Å²) in [5, 5.41) is 0.588. The van der Waals surface area contributed by atoms with Crippen LogP contribution in [-0.2, 0) is 0 Å². The van der Waals surface area contributed by atoms with E-state index in [9.17, 15) is 12.9 Å². The van der Waals surface area contributed by atoms with Crippen LogP contribution in [0.2, 0.25) is 0 Å². The Morgan fingerprint density at radius 2 is 1.94 bits per heavy atom. The van der Waals surface area contributed by atoms with Crippen molar-refractivity contribution in [3.8, 4) is 5.75 Å². The Morgan fingerprint density at radius 1 is 1.12 bits per heavy atom. The highest BCUT2D eigenvalue weighted by atomic mass is 19.4. The molecular weight excluding hydrogens is 218 g/mol. The normalized spacial score (nSPS) is 11.7. The van der Waals surface area contributed by atoms with Crippen molar-refractivity contribution >= 4 is 17.9 Å². The van der Waals surface area contributed by atoms with Crippen LogP contribution >= 0.6 is 0 Å². The van der Waals surface area contributed by atoms with Crippen LogP contribution in [-0.4, -0.2) is 18.5 Å². The highest BCUT2D eigenvalue weighted by molar-refractivity contribution is 6.58. The van der Waals surface area contributed by atoms with Crippen LogP contribution in [0.1, 0.15) is 0 Å². The smallest absolute Gasteiger partial charge is 0.515 e. The summed E-state index contributed by atoms with van der Waals surface area (Å²) in [6, 6.07) is 8.19. The van der Waals surface area contributed by atoms with Gasteiger partial charge in [-0.25, -0.2) is 0 Å². The fourth-order valence-electron chi connectivity index (χ4n) is 1.39. The van der Waals surface area contributed by atoms with Crippen molar-refractivity contribution in [1.29, 1.82) is 0 Å². The molecule has 0 radical (unpaired) electrons. The number of benzene rings is 1. The van der Waals surface area contributed by atoms with Crippen molar-refractivity contribution in [3.05, 3.63) is 36.5 Å². The Bertz CT molecular complexity index is 495. The summed E-state index contributed by atoms with van der Waals surface area (Å²) in [6.45, 7) is -6.16. The molecule has 2 aromatic rings. The number of rotatable bonds is 3. The predicted molar refractivity (Wildman–Crippen MR) is 56.3 cm³/mol. The molecule has 1 aromatic heterocycles. The third kappa shape index (κ3) is 2.45. The van der Waals surface area contributed by atoms with Crippen LogP contribution in [0.15, 0.2) is 36.5 Å². The fourth-order valence-corrected chi connectivity index (χ4v) is 1.39. The van der Waals surface area contributed by atoms with Gasteiger partial charge < -0.3 is 17.7 Å². The summed E-state index contributed by atoms with van der Waals surface area (Å²) in [5.41, 5.74) is 0.620. The molecule has 6 heteroatoms. The Hall–Kier alpha value is -1.72. The van der Waals surface area contributed by atoms with E-state index in [1.165, 1.54) is 6.07 Å².